The molecule has 0 saturated carbocycles. The molecule has 1 unspecified atom stereocenters. The first-order valence-electron chi connectivity index (χ1n) is 4.69. The van der Waals surface area contributed by atoms with Gasteiger partial charge in [-0.1, -0.05) is 20.3 Å². The number of nitrogens with zero attached hydrogens (tertiary/aromatic N) is 3. The predicted molar refractivity (Wildman–Crippen MR) is 50.2 cm³/mol. The Balaban J connectivity index is 2.82. The third kappa shape index (κ3) is 2.06. The van der Waals surface area contributed by atoms with Crippen molar-refractivity contribution in [2.45, 2.75) is 39.2 Å². The van der Waals surface area contributed by atoms with Crippen LogP contribution in [0.4, 0.5) is 0 Å². The molecular weight excluding hydrogens is 166 g/mol. The molecule has 1 N–H and O–H groups in total. The van der Waals surface area contributed by atoms with Crippen LogP contribution in [0.25, 0.3) is 0 Å². The first-order valence-corrected chi connectivity index (χ1v) is 4.69. The molecule has 0 aliphatic rings. The zero-order chi connectivity index (χ0) is 9.84. The molecule has 74 valence electrons. The maximum Gasteiger partial charge on any atom is 0.158 e. The fourth-order valence-corrected chi connectivity index (χ4v) is 1.50. The Morgan fingerprint density at radius 3 is 2.62 bits per heavy atom. The summed E-state index contributed by atoms with van der Waals surface area (Å²) in [5.74, 6) is 2.02. The molecule has 0 fully saturated rings. The Kier molecular flexibility index (Phi) is 3.42. The SMILES string of the molecule is CCCC(C)c1nnc(CO)n1C. The minimum atomic E-state index is -0.0393. The molecule has 0 radical (unpaired) electrons. The van der Waals surface area contributed by atoms with Crippen LogP contribution in [0.3, 0.4) is 0 Å². The van der Waals surface area contributed by atoms with Crippen molar-refractivity contribution in [1.29, 1.82) is 0 Å². The van der Waals surface area contributed by atoms with Crippen LogP contribution in [0.1, 0.15) is 44.3 Å². The number of rotatable bonds is 4. The van der Waals surface area contributed by atoms with E-state index in [9.17, 15) is 0 Å². The maximum atomic E-state index is 8.92. The molecule has 0 bridgehead atoms. The van der Waals surface area contributed by atoms with Gasteiger partial charge >= 0.3 is 0 Å². The van der Waals surface area contributed by atoms with E-state index < -0.39 is 0 Å². The minimum Gasteiger partial charge on any atom is -0.388 e. The van der Waals surface area contributed by atoms with Gasteiger partial charge in [-0.15, -0.1) is 10.2 Å². The Labute approximate surface area is 78.6 Å². The van der Waals surface area contributed by atoms with E-state index in [0.717, 1.165) is 18.7 Å². The predicted octanol–water partition coefficient (Wildman–Crippen LogP) is 1.21. The summed E-state index contributed by atoms with van der Waals surface area (Å²) < 4.78 is 1.88. The van der Waals surface area contributed by atoms with Gasteiger partial charge < -0.3 is 9.67 Å². The van der Waals surface area contributed by atoms with Gasteiger partial charge in [-0.3, -0.25) is 0 Å². The van der Waals surface area contributed by atoms with Gasteiger partial charge in [0.25, 0.3) is 0 Å². The second-order valence-electron chi connectivity index (χ2n) is 3.38. The van der Waals surface area contributed by atoms with Crippen molar-refractivity contribution in [2.24, 2.45) is 7.05 Å². The molecule has 0 aliphatic carbocycles. The highest BCUT2D eigenvalue weighted by molar-refractivity contribution is 4.99. The Morgan fingerprint density at radius 2 is 2.15 bits per heavy atom. The third-order valence-electron chi connectivity index (χ3n) is 2.30. The number of aliphatic hydroxyl groups is 1. The van der Waals surface area contributed by atoms with Crippen LogP contribution in [-0.2, 0) is 13.7 Å². The van der Waals surface area contributed by atoms with E-state index >= 15 is 0 Å². The average molecular weight is 183 g/mol. The van der Waals surface area contributed by atoms with Gasteiger partial charge in [-0.25, -0.2) is 0 Å². The summed E-state index contributed by atoms with van der Waals surface area (Å²) >= 11 is 0. The van der Waals surface area contributed by atoms with Crippen LogP contribution in [-0.4, -0.2) is 19.9 Å². The molecule has 1 atom stereocenters. The Morgan fingerprint density at radius 1 is 1.46 bits per heavy atom. The van der Waals surface area contributed by atoms with Gasteiger partial charge in [0.05, 0.1) is 0 Å². The number of hydrogen-bond donors (Lipinski definition) is 1. The molecule has 1 aromatic rings. The number of aromatic nitrogens is 3. The van der Waals surface area contributed by atoms with E-state index in [0.29, 0.717) is 11.7 Å². The second kappa shape index (κ2) is 4.37. The van der Waals surface area contributed by atoms with E-state index in [1.165, 1.54) is 0 Å². The highest BCUT2D eigenvalue weighted by atomic mass is 16.3. The first-order chi connectivity index (χ1) is 6.20. The van der Waals surface area contributed by atoms with Gasteiger partial charge in [-0.05, 0) is 6.42 Å². The standard InChI is InChI=1S/C9H17N3O/c1-4-5-7(2)9-11-10-8(6-13)12(9)3/h7,13H,4-6H2,1-3H3. The lowest BCUT2D eigenvalue weighted by Crippen LogP contribution is -2.05. The molecule has 1 aromatic heterocycles. The van der Waals surface area contributed by atoms with E-state index in [1.54, 1.807) is 0 Å². The molecule has 0 aromatic carbocycles. The highest BCUT2D eigenvalue weighted by Gasteiger charge is 2.13. The normalized spacial score (nSPS) is 13.2. The summed E-state index contributed by atoms with van der Waals surface area (Å²) in [6, 6.07) is 0. The number of hydrogen-bond acceptors (Lipinski definition) is 3. The van der Waals surface area contributed by atoms with Crippen molar-refractivity contribution in [3.05, 3.63) is 11.6 Å². The maximum absolute atomic E-state index is 8.92. The van der Waals surface area contributed by atoms with Crippen molar-refractivity contribution < 1.29 is 5.11 Å². The van der Waals surface area contributed by atoms with Gasteiger partial charge in [0.2, 0.25) is 0 Å². The zero-order valence-electron chi connectivity index (χ0n) is 8.49. The fourth-order valence-electron chi connectivity index (χ4n) is 1.50. The Bertz CT molecular complexity index is 270. The monoisotopic (exact) mass is 183 g/mol. The molecule has 0 spiro atoms. The lowest BCUT2D eigenvalue weighted by molar-refractivity contribution is 0.266. The van der Waals surface area contributed by atoms with Gasteiger partial charge in [0.1, 0.15) is 12.4 Å². The first kappa shape index (κ1) is 10.2. The molecule has 1 heterocycles. The average Bonchev–Trinajstić information content (AvgIpc) is 2.47. The number of aliphatic hydroxyl groups excluding tert-OH is 1. The smallest absolute Gasteiger partial charge is 0.158 e. The minimum absolute atomic E-state index is 0.0393. The molecule has 4 heteroatoms. The zero-order valence-corrected chi connectivity index (χ0v) is 8.49. The molecule has 0 amide bonds. The van der Waals surface area contributed by atoms with Gasteiger partial charge in [-0.2, -0.15) is 0 Å². The largest absolute Gasteiger partial charge is 0.388 e. The second-order valence-corrected chi connectivity index (χ2v) is 3.38. The van der Waals surface area contributed by atoms with Crippen molar-refractivity contribution >= 4 is 0 Å². The summed E-state index contributed by atoms with van der Waals surface area (Å²) in [5, 5.41) is 16.9. The molecule has 1 rings (SSSR count). The summed E-state index contributed by atoms with van der Waals surface area (Å²) in [5.41, 5.74) is 0. The summed E-state index contributed by atoms with van der Waals surface area (Å²) in [7, 11) is 1.90. The summed E-state index contributed by atoms with van der Waals surface area (Å²) in [6.07, 6.45) is 2.25. The lowest BCUT2D eigenvalue weighted by Gasteiger charge is -2.08. The van der Waals surface area contributed by atoms with E-state index in [-0.39, 0.29) is 6.61 Å². The highest BCUT2D eigenvalue weighted by Crippen LogP contribution is 2.18. The molecule has 0 saturated heterocycles. The van der Waals surface area contributed by atoms with Crippen molar-refractivity contribution in [1.82, 2.24) is 14.8 Å². The van der Waals surface area contributed by atoms with Crippen molar-refractivity contribution in [2.75, 3.05) is 0 Å². The van der Waals surface area contributed by atoms with Gasteiger partial charge in [0, 0.05) is 13.0 Å². The molecule has 0 aliphatic heterocycles. The van der Waals surface area contributed by atoms with Crippen LogP contribution in [0.15, 0.2) is 0 Å². The third-order valence-corrected chi connectivity index (χ3v) is 2.30. The van der Waals surface area contributed by atoms with E-state index in [1.807, 2.05) is 11.6 Å². The fraction of sp³-hybridized carbons (Fsp3) is 0.778. The van der Waals surface area contributed by atoms with Crippen LogP contribution in [0, 0.1) is 0 Å². The van der Waals surface area contributed by atoms with Crippen molar-refractivity contribution in [3.8, 4) is 0 Å². The molecule has 4 nitrogen and oxygen atoms in total. The van der Waals surface area contributed by atoms with Gasteiger partial charge in [0.15, 0.2) is 5.82 Å². The molecule has 13 heavy (non-hydrogen) atoms. The van der Waals surface area contributed by atoms with E-state index in [4.69, 9.17) is 5.11 Å². The quantitative estimate of drug-likeness (QED) is 0.763. The summed E-state index contributed by atoms with van der Waals surface area (Å²) in [6.45, 7) is 4.25. The Hall–Kier alpha value is -0.900. The summed E-state index contributed by atoms with van der Waals surface area (Å²) in [4.78, 5) is 0. The van der Waals surface area contributed by atoms with E-state index in [2.05, 4.69) is 24.0 Å². The molecular formula is C9H17N3O. The van der Waals surface area contributed by atoms with Crippen LogP contribution < -0.4 is 0 Å². The van der Waals surface area contributed by atoms with Crippen molar-refractivity contribution in [3.63, 3.8) is 0 Å². The lowest BCUT2D eigenvalue weighted by atomic mass is 10.1. The van der Waals surface area contributed by atoms with Crippen LogP contribution in [0.2, 0.25) is 0 Å². The van der Waals surface area contributed by atoms with Crippen LogP contribution in [0.5, 0.6) is 0 Å². The van der Waals surface area contributed by atoms with Crippen LogP contribution >= 0.6 is 0 Å². The topological polar surface area (TPSA) is 50.9 Å².